The van der Waals surface area contributed by atoms with E-state index in [1.807, 2.05) is 11.4 Å². The topological polar surface area (TPSA) is 58.4 Å². The number of rotatable bonds is 5. The van der Waals surface area contributed by atoms with Crippen LogP contribution in [0, 0.1) is 0 Å². The average Bonchev–Trinajstić information content (AvgIpc) is 2.90. The van der Waals surface area contributed by atoms with Gasteiger partial charge in [0, 0.05) is 24.5 Å². The summed E-state index contributed by atoms with van der Waals surface area (Å²) in [5.74, 6) is -0.213. The number of nitrogens with zero attached hydrogens (tertiary/aromatic N) is 1. The molecule has 1 saturated heterocycles. The number of amides is 1. The second kappa shape index (κ2) is 5.82. The van der Waals surface area contributed by atoms with Crippen molar-refractivity contribution in [1.82, 2.24) is 10.2 Å². The van der Waals surface area contributed by atoms with Gasteiger partial charge in [-0.1, -0.05) is 13.0 Å². The van der Waals surface area contributed by atoms with Crippen LogP contribution >= 0.6 is 11.3 Å². The van der Waals surface area contributed by atoms with Gasteiger partial charge in [-0.25, -0.2) is 0 Å². The first-order valence-corrected chi connectivity index (χ1v) is 7.34. The van der Waals surface area contributed by atoms with Crippen LogP contribution in [-0.4, -0.2) is 36.0 Å². The molecule has 1 amide bonds. The molecule has 0 unspecified atom stereocenters. The third-order valence-corrected chi connectivity index (χ3v) is 4.69. The first-order valence-electron chi connectivity index (χ1n) is 6.46. The van der Waals surface area contributed by atoms with E-state index in [9.17, 15) is 4.79 Å². The van der Waals surface area contributed by atoms with Crippen molar-refractivity contribution in [3.05, 3.63) is 22.4 Å². The highest BCUT2D eigenvalue weighted by molar-refractivity contribution is 7.09. The molecule has 1 fully saturated rings. The summed E-state index contributed by atoms with van der Waals surface area (Å²) in [6.45, 7) is 5.80. The van der Waals surface area contributed by atoms with Gasteiger partial charge in [-0.05, 0) is 30.8 Å². The van der Waals surface area contributed by atoms with E-state index >= 15 is 0 Å². The fraction of sp³-hybridized carbons (Fsp3) is 0.615. The Morgan fingerprint density at radius 3 is 2.78 bits per heavy atom. The van der Waals surface area contributed by atoms with Gasteiger partial charge in [-0.3, -0.25) is 10.1 Å². The SMILES string of the molecule is CCN1CCC(NCc2cccs2)(C(N)=O)CC1. The number of likely N-dealkylation sites (tertiary alicyclic amines) is 1. The largest absolute Gasteiger partial charge is 0.368 e. The van der Waals surface area contributed by atoms with E-state index in [0.29, 0.717) is 0 Å². The van der Waals surface area contributed by atoms with Gasteiger partial charge in [-0.2, -0.15) is 0 Å². The lowest BCUT2D eigenvalue weighted by Gasteiger charge is -2.40. The first kappa shape index (κ1) is 13.5. The summed E-state index contributed by atoms with van der Waals surface area (Å²) < 4.78 is 0. The van der Waals surface area contributed by atoms with E-state index < -0.39 is 5.54 Å². The number of carbonyl (C=O) groups excluding carboxylic acids is 1. The Hall–Kier alpha value is -0.910. The van der Waals surface area contributed by atoms with E-state index in [2.05, 4.69) is 23.2 Å². The van der Waals surface area contributed by atoms with Crippen molar-refractivity contribution in [3.63, 3.8) is 0 Å². The second-order valence-electron chi connectivity index (χ2n) is 4.81. The predicted octanol–water partition coefficient (Wildman–Crippen LogP) is 1.18. The van der Waals surface area contributed by atoms with Crippen LogP contribution in [-0.2, 0) is 11.3 Å². The molecule has 3 N–H and O–H groups in total. The lowest BCUT2D eigenvalue weighted by molar-refractivity contribution is -0.126. The Bertz CT molecular complexity index is 383. The van der Waals surface area contributed by atoms with Crippen molar-refractivity contribution >= 4 is 17.2 Å². The van der Waals surface area contributed by atoms with Crippen molar-refractivity contribution in [3.8, 4) is 0 Å². The Kier molecular flexibility index (Phi) is 4.37. The van der Waals surface area contributed by atoms with Crippen molar-refractivity contribution in [2.75, 3.05) is 19.6 Å². The number of piperidine rings is 1. The smallest absolute Gasteiger partial charge is 0.237 e. The molecule has 0 spiro atoms. The lowest BCUT2D eigenvalue weighted by Crippen LogP contribution is -2.60. The van der Waals surface area contributed by atoms with Crippen LogP contribution in [0.1, 0.15) is 24.6 Å². The Morgan fingerprint density at radius 2 is 2.28 bits per heavy atom. The summed E-state index contributed by atoms with van der Waals surface area (Å²) in [7, 11) is 0. The number of hydrogen-bond acceptors (Lipinski definition) is 4. The van der Waals surface area contributed by atoms with Crippen LogP contribution < -0.4 is 11.1 Å². The van der Waals surface area contributed by atoms with Crippen LogP contribution in [0.4, 0.5) is 0 Å². The van der Waals surface area contributed by atoms with Crippen LogP contribution in [0.2, 0.25) is 0 Å². The summed E-state index contributed by atoms with van der Waals surface area (Å²) in [6.07, 6.45) is 1.61. The summed E-state index contributed by atoms with van der Waals surface area (Å²) >= 11 is 1.70. The minimum absolute atomic E-state index is 0.213. The van der Waals surface area contributed by atoms with E-state index in [1.54, 1.807) is 11.3 Å². The fourth-order valence-electron chi connectivity index (χ4n) is 2.43. The highest BCUT2D eigenvalue weighted by atomic mass is 32.1. The third kappa shape index (κ3) is 2.91. The molecule has 100 valence electrons. The molecule has 5 heteroatoms. The van der Waals surface area contributed by atoms with E-state index in [-0.39, 0.29) is 5.91 Å². The Labute approximate surface area is 112 Å². The van der Waals surface area contributed by atoms with Crippen LogP contribution in [0.25, 0.3) is 0 Å². The molecule has 0 aliphatic carbocycles. The highest BCUT2D eigenvalue weighted by Gasteiger charge is 2.39. The number of thiophene rings is 1. The second-order valence-corrected chi connectivity index (χ2v) is 5.85. The van der Waals surface area contributed by atoms with Crippen LogP contribution in [0.15, 0.2) is 17.5 Å². The van der Waals surface area contributed by atoms with Gasteiger partial charge >= 0.3 is 0 Å². The quantitative estimate of drug-likeness (QED) is 0.842. The standard InChI is InChI=1S/C13H21N3OS/c1-2-16-7-5-13(6-8-16,12(14)17)15-10-11-4-3-9-18-11/h3-4,9,15H,2,5-8,10H2,1H3,(H2,14,17). The normalized spacial score (nSPS) is 19.8. The zero-order valence-corrected chi connectivity index (χ0v) is 11.6. The maximum Gasteiger partial charge on any atom is 0.237 e. The summed E-state index contributed by atoms with van der Waals surface area (Å²) in [6, 6.07) is 4.10. The molecule has 18 heavy (non-hydrogen) atoms. The number of hydrogen-bond donors (Lipinski definition) is 2. The number of primary amides is 1. The number of nitrogens with two attached hydrogens (primary N) is 1. The zero-order chi connectivity index (χ0) is 13.0. The van der Waals surface area contributed by atoms with Gasteiger partial charge in [-0.15, -0.1) is 11.3 Å². The molecular weight excluding hydrogens is 246 g/mol. The van der Waals surface area contributed by atoms with Gasteiger partial charge in [0.05, 0.1) is 0 Å². The number of nitrogens with one attached hydrogen (secondary N) is 1. The highest BCUT2D eigenvalue weighted by Crippen LogP contribution is 2.23. The molecule has 1 aromatic rings. The van der Waals surface area contributed by atoms with Gasteiger partial charge in [0.25, 0.3) is 0 Å². The number of carbonyl (C=O) groups is 1. The molecule has 0 radical (unpaired) electrons. The summed E-state index contributed by atoms with van der Waals surface area (Å²) in [5.41, 5.74) is 5.09. The molecule has 1 aliphatic heterocycles. The van der Waals surface area contributed by atoms with Crippen molar-refractivity contribution in [2.45, 2.75) is 31.8 Å². The van der Waals surface area contributed by atoms with Crippen LogP contribution in [0.3, 0.4) is 0 Å². The molecule has 4 nitrogen and oxygen atoms in total. The molecule has 2 rings (SSSR count). The van der Waals surface area contributed by atoms with Crippen LogP contribution in [0.5, 0.6) is 0 Å². The summed E-state index contributed by atoms with van der Waals surface area (Å²) in [5, 5.41) is 5.44. The average molecular weight is 267 g/mol. The molecule has 2 heterocycles. The van der Waals surface area contributed by atoms with Gasteiger partial charge in [0.15, 0.2) is 0 Å². The molecule has 0 aromatic carbocycles. The summed E-state index contributed by atoms with van der Waals surface area (Å²) in [4.78, 5) is 15.4. The first-order chi connectivity index (χ1) is 8.66. The van der Waals surface area contributed by atoms with E-state index in [0.717, 1.165) is 39.0 Å². The van der Waals surface area contributed by atoms with Crippen molar-refractivity contribution in [1.29, 1.82) is 0 Å². The Balaban J connectivity index is 1.97. The zero-order valence-electron chi connectivity index (χ0n) is 10.8. The van der Waals surface area contributed by atoms with Gasteiger partial charge in [0.1, 0.15) is 5.54 Å². The minimum atomic E-state index is -0.518. The van der Waals surface area contributed by atoms with Crippen molar-refractivity contribution in [2.24, 2.45) is 5.73 Å². The molecule has 0 atom stereocenters. The third-order valence-electron chi connectivity index (χ3n) is 3.81. The Morgan fingerprint density at radius 1 is 1.56 bits per heavy atom. The molecular formula is C13H21N3OS. The van der Waals surface area contributed by atoms with Gasteiger partial charge in [0.2, 0.25) is 5.91 Å². The molecule has 0 saturated carbocycles. The molecule has 1 aliphatic rings. The fourth-order valence-corrected chi connectivity index (χ4v) is 3.08. The van der Waals surface area contributed by atoms with Gasteiger partial charge < -0.3 is 10.6 Å². The van der Waals surface area contributed by atoms with E-state index in [4.69, 9.17) is 5.73 Å². The van der Waals surface area contributed by atoms with E-state index in [1.165, 1.54) is 4.88 Å². The molecule has 0 bridgehead atoms. The molecule has 1 aromatic heterocycles. The lowest BCUT2D eigenvalue weighted by atomic mass is 9.86. The van der Waals surface area contributed by atoms with Crippen molar-refractivity contribution < 1.29 is 4.79 Å². The maximum absolute atomic E-state index is 11.8. The minimum Gasteiger partial charge on any atom is -0.368 e. The predicted molar refractivity (Wildman–Crippen MR) is 74.4 cm³/mol. The monoisotopic (exact) mass is 267 g/mol. The maximum atomic E-state index is 11.8.